The van der Waals surface area contributed by atoms with Crippen LogP contribution in [0, 0.1) is 0 Å². The van der Waals surface area contributed by atoms with Crippen LogP contribution < -0.4 is 0 Å². The molecule has 0 aliphatic heterocycles. The minimum absolute atomic E-state index is 0.221. The van der Waals surface area contributed by atoms with Gasteiger partial charge in [-0.3, -0.25) is 9.69 Å². The summed E-state index contributed by atoms with van der Waals surface area (Å²) in [6.07, 6.45) is 8.28. The maximum Gasteiger partial charge on any atom is 0.322 e. The van der Waals surface area contributed by atoms with E-state index in [1.807, 2.05) is 98.7 Å². The highest BCUT2D eigenvalue weighted by Crippen LogP contribution is 2.07. The first-order valence-corrected chi connectivity index (χ1v) is 12.5. The lowest BCUT2D eigenvalue weighted by Crippen LogP contribution is -2.39. The molecule has 33 heavy (non-hydrogen) atoms. The highest BCUT2D eigenvalue weighted by molar-refractivity contribution is 5.75. The summed E-state index contributed by atoms with van der Waals surface area (Å²) in [4.78, 5) is 14.0. The van der Waals surface area contributed by atoms with Crippen molar-refractivity contribution >= 4 is 18.1 Å². The molecule has 3 nitrogen and oxygen atoms in total. The topological polar surface area (TPSA) is 29.5 Å². The van der Waals surface area contributed by atoms with Gasteiger partial charge in [0.2, 0.25) is 0 Å². The normalized spacial score (nSPS) is 10.4. The van der Waals surface area contributed by atoms with Crippen molar-refractivity contribution in [3.05, 3.63) is 83.9 Å². The molecule has 0 spiro atoms. The number of carbonyl (C=O) groups is 1. The number of nitrogens with zero attached hydrogens (tertiary/aromatic N) is 1. The fourth-order valence-corrected chi connectivity index (χ4v) is 2.49. The molecule has 0 aromatic heterocycles. The van der Waals surface area contributed by atoms with Crippen LogP contribution in [0.15, 0.2) is 72.8 Å². The molecular formula is C30H49NO2. The van der Waals surface area contributed by atoms with E-state index in [1.165, 1.54) is 7.11 Å². The van der Waals surface area contributed by atoms with Gasteiger partial charge < -0.3 is 4.74 Å². The number of rotatable bonds is 8. The Bertz CT molecular complexity index is 642. The van der Waals surface area contributed by atoms with Crippen molar-refractivity contribution < 1.29 is 9.53 Å². The Labute approximate surface area is 205 Å². The summed E-state index contributed by atoms with van der Waals surface area (Å²) in [6.45, 7) is 19.2. The highest BCUT2D eigenvalue weighted by atomic mass is 16.5. The average Bonchev–Trinajstić information content (AvgIpc) is 2.92. The third kappa shape index (κ3) is 17.6. The van der Waals surface area contributed by atoms with Gasteiger partial charge in [0.15, 0.2) is 0 Å². The minimum Gasteiger partial charge on any atom is -0.468 e. The number of methoxy groups -OCH3 is 1. The van der Waals surface area contributed by atoms with Crippen LogP contribution in [-0.4, -0.2) is 37.1 Å². The first-order chi connectivity index (χ1) is 16.2. The largest absolute Gasteiger partial charge is 0.468 e. The lowest BCUT2D eigenvalue weighted by Gasteiger charge is -2.24. The van der Waals surface area contributed by atoms with Crippen molar-refractivity contribution in [3.63, 3.8) is 0 Å². The Balaban J connectivity index is -0.00000101. The second-order valence-electron chi connectivity index (χ2n) is 5.78. The molecule has 0 radical (unpaired) electrons. The van der Waals surface area contributed by atoms with Gasteiger partial charge in [0.05, 0.1) is 7.11 Å². The summed E-state index contributed by atoms with van der Waals surface area (Å²) >= 11 is 0. The van der Waals surface area contributed by atoms with Gasteiger partial charge in [-0.15, -0.1) is 0 Å². The van der Waals surface area contributed by atoms with Crippen molar-refractivity contribution in [1.29, 1.82) is 0 Å². The van der Waals surface area contributed by atoms with Gasteiger partial charge in [0.1, 0.15) is 6.04 Å². The van der Waals surface area contributed by atoms with Crippen molar-refractivity contribution in [2.75, 3.05) is 20.2 Å². The molecule has 0 heterocycles. The van der Waals surface area contributed by atoms with Crippen LogP contribution in [-0.2, 0) is 9.53 Å². The van der Waals surface area contributed by atoms with E-state index in [-0.39, 0.29) is 12.0 Å². The first-order valence-electron chi connectivity index (χ1n) is 12.5. The maximum atomic E-state index is 11.9. The minimum atomic E-state index is -0.300. The third-order valence-corrected chi connectivity index (χ3v) is 3.99. The van der Waals surface area contributed by atoms with Crippen LogP contribution in [0.1, 0.15) is 73.4 Å². The van der Waals surface area contributed by atoms with E-state index in [0.717, 1.165) is 11.1 Å². The molecule has 2 aromatic carbocycles. The Morgan fingerprint density at radius 3 is 1.36 bits per heavy atom. The van der Waals surface area contributed by atoms with Gasteiger partial charge in [-0.2, -0.15) is 0 Å². The van der Waals surface area contributed by atoms with E-state index in [0.29, 0.717) is 13.1 Å². The molecule has 0 amide bonds. The lowest BCUT2D eigenvalue weighted by atomic mass is 10.2. The molecule has 0 aliphatic rings. The maximum absolute atomic E-state index is 11.9. The van der Waals surface area contributed by atoms with Crippen LogP contribution in [0.25, 0.3) is 12.2 Å². The van der Waals surface area contributed by atoms with Gasteiger partial charge in [0, 0.05) is 13.1 Å². The Morgan fingerprint density at radius 1 is 0.727 bits per heavy atom. The van der Waals surface area contributed by atoms with Crippen LogP contribution in [0.5, 0.6) is 0 Å². The summed E-state index contributed by atoms with van der Waals surface area (Å²) in [5.74, 6) is -0.221. The molecule has 0 N–H and O–H groups in total. The van der Waals surface area contributed by atoms with Crippen LogP contribution in [0.3, 0.4) is 0 Å². The molecule has 2 rings (SSSR count). The average molecular weight is 456 g/mol. The molecule has 0 saturated carbocycles. The summed E-state index contributed by atoms with van der Waals surface area (Å²) in [5, 5.41) is 0. The van der Waals surface area contributed by atoms with Crippen molar-refractivity contribution in [2.24, 2.45) is 0 Å². The zero-order valence-electron chi connectivity index (χ0n) is 22.8. The van der Waals surface area contributed by atoms with Gasteiger partial charge in [-0.25, -0.2) is 0 Å². The Kier molecular flexibility index (Phi) is 29.0. The van der Waals surface area contributed by atoms with Crippen LogP contribution in [0.2, 0.25) is 0 Å². The summed E-state index contributed by atoms with van der Waals surface area (Å²) < 4.78 is 4.89. The lowest BCUT2D eigenvalue weighted by molar-refractivity contribution is -0.145. The molecule has 0 saturated heterocycles. The molecule has 0 bridgehead atoms. The molecular weight excluding hydrogens is 406 g/mol. The molecule has 0 fully saturated rings. The number of ether oxygens (including phenoxy) is 1. The van der Waals surface area contributed by atoms with Crippen molar-refractivity contribution in [3.8, 4) is 0 Å². The summed E-state index contributed by atoms with van der Waals surface area (Å²) in [6, 6.07) is 20.0. The van der Waals surface area contributed by atoms with Crippen LogP contribution in [0.4, 0.5) is 0 Å². The number of hydrogen-bond acceptors (Lipinski definition) is 3. The molecule has 2 aromatic rings. The molecule has 186 valence electrons. The fourth-order valence-electron chi connectivity index (χ4n) is 2.49. The molecule has 3 heteroatoms. The second kappa shape index (κ2) is 27.4. The molecule has 1 unspecified atom stereocenters. The second-order valence-corrected chi connectivity index (χ2v) is 5.78. The van der Waals surface area contributed by atoms with Crippen molar-refractivity contribution in [1.82, 2.24) is 4.90 Å². The zero-order chi connectivity index (χ0) is 25.9. The van der Waals surface area contributed by atoms with Gasteiger partial charge >= 0.3 is 5.97 Å². The van der Waals surface area contributed by atoms with E-state index >= 15 is 0 Å². The van der Waals surface area contributed by atoms with Gasteiger partial charge in [-0.1, -0.05) is 140 Å². The fraction of sp³-hybridized carbons (Fsp3) is 0.433. The standard InChI is InChI=1S/C22H25NO2.4C2H6/c1-19(22(24)25-2)23(17-9-15-20-11-5-3-6-12-20)18-10-16-21-13-7-4-8-14-21;4*1-2/h3-16,19H,17-18H2,1-2H3;4*1-2H3/b15-9+,16-10+;;;;. The predicted molar refractivity (Wildman–Crippen MR) is 149 cm³/mol. The Morgan fingerprint density at radius 2 is 1.06 bits per heavy atom. The van der Waals surface area contributed by atoms with Gasteiger partial charge in [-0.05, 0) is 18.1 Å². The molecule has 0 aliphatic carbocycles. The third-order valence-electron chi connectivity index (χ3n) is 3.99. The predicted octanol–water partition coefficient (Wildman–Crippen LogP) is 8.38. The van der Waals surface area contributed by atoms with E-state index in [9.17, 15) is 4.79 Å². The quantitative estimate of drug-likeness (QED) is 0.374. The molecule has 1 atom stereocenters. The number of hydrogen-bond donors (Lipinski definition) is 0. The van der Waals surface area contributed by atoms with E-state index in [4.69, 9.17) is 4.74 Å². The monoisotopic (exact) mass is 455 g/mol. The number of benzene rings is 2. The van der Waals surface area contributed by atoms with E-state index < -0.39 is 0 Å². The van der Waals surface area contributed by atoms with Crippen molar-refractivity contribution in [2.45, 2.75) is 68.4 Å². The van der Waals surface area contributed by atoms with Crippen LogP contribution >= 0.6 is 0 Å². The SMILES string of the molecule is CC.CC.CC.CC.COC(=O)C(C)N(C/C=C/c1ccccc1)C/C=C/c1ccccc1. The van der Waals surface area contributed by atoms with E-state index in [2.05, 4.69) is 53.5 Å². The number of carbonyl (C=O) groups excluding carboxylic acids is 1. The smallest absolute Gasteiger partial charge is 0.322 e. The first kappa shape index (κ1) is 35.0. The zero-order valence-corrected chi connectivity index (χ0v) is 22.8. The highest BCUT2D eigenvalue weighted by Gasteiger charge is 2.19. The number of esters is 1. The summed E-state index contributed by atoms with van der Waals surface area (Å²) in [7, 11) is 1.43. The van der Waals surface area contributed by atoms with Gasteiger partial charge in [0.25, 0.3) is 0 Å². The summed E-state index contributed by atoms with van der Waals surface area (Å²) in [5.41, 5.74) is 2.29. The van der Waals surface area contributed by atoms with E-state index in [1.54, 1.807) is 0 Å². The Hall–Kier alpha value is -2.65.